The number of benzene rings is 3. The fourth-order valence-corrected chi connectivity index (χ4v) is 5.45. The molecule has 0 saturated carbocycles. The molecule has 0 aliphatic carbocycles. The highest BCUT2D eigenvalue weighted by atomic mass is 19.4. The quantitative estimate of drug-likeness (QED) is 0.416. The molecule has 3 aromatic rings. The molecule has 0 unspecified atom stereocenters. The van der Waals surface area contributed by atoms with Gasteiger partial charge in [-0.1, -0.05) is 66.2 Å². The predicted octanol–water partition coefficient (Wildman–Crippen LogP) is 4.24. The Balaban J connectivity index is 1.58. The molecule has 3 amide bonds. The number of hydrogen-bond acceptors (Lipinski definition) is 5. The number of carbonyl (C=O) groups excluding carboxylic acids is 3. The second kappa shape index (κ2) is 11.7. The lowest BCUT2D eigenvalue weighted by atomic mass is 9.81. The lowest BCUT2D eigenvalue weighted by Gasteiger charge is -2.31. The normalized spacial score (nSPS) is 17.7. The summed E-state index contributed by atoms with van der Waals surface area (Å²) in [6.45, 7) is 2.33. The number of nitrogens with one attached hydrogen (secondary N) is 1. The first-order valence-corrected chi connectivity index (χ1v) is 13.5. The molecular weight excluding hydrogens is 549 g/mol. The van der Waals surface area contributed by atoms with Gasteiger partial charge in [0.25, 0.3) is 5.91 Å². The summed E-state index contributed by atoms with van der Waals surface area (Å²) in [5, 5.41) is 2.65. The minimum Gasteiger partial charge on any atom is -0.490 e. The molecule has 218 valence electrons. The van der Waals surface area contributed by atoms with Gasteiger partial charge in [0.2, 0.25) is 18.0 Å². The Labute approximate surface area is 240 Å². The van der Waals surface area contributed by atoms with Crippen LogP contribution in [0.5, 0.6) is 5.75 Å². The van der Waals surface area contributed by atoms with E-state index in [-0.39, 0.29) is 13.2 Å². The van der Waals surface area contributed by atoms with Crippen molar-refractivity contribution in [3.8, 4) is 5.75 Å². The minimum atomic E-state index is -4.56. The van der Waals surface area contributed by atoms with Gasteiger partial charge in [0.1, 0.15) is 12.4 Å². The second-order valence-corrected chi connectivity index (χ2v) is 10.3. The van der Waals surface area contributed by atoms with Gasteiger partial charge in [0, 0.05) is 17.5 Å². The van der Waals surface area contributed by atoms with Crippen LogP contribution in [0.25, 0.3) is 0 Å². The second-order valence-electron chi connectivity index (χ2n) is 10.3. The molecule has 42 heavy (non-hydrogen) atoms. The van der Waals surface area contributed by atoms with Gasteiger partial charge in [-0.3, -0.25) is 14.4 Å². The van der Waals surface area contributed by atoms with Gasteiger partial charge in [0.15, 0.2) is 0 Å². The third-order valence-electron chi connectivity index (χ3n) is 7.37. The SMILES string of the molecule is Cc1cccc(C2=N[C@H](NC(=O)[C@@H](c3ccccc3)[C@@H](CCC(F)(F)F)C(N)=O)C(=O)N3CCOc4cccc2c43)c1. The highest BCUT2D eigenvalue weighted by molar-refractivity contribution is 6.21. The standard InChI is InChI=1S/C31H29F3N4O4/c1-18-7-5-10-20(17-18)25-22-11-6-12-23-26(22)38(15-16-42-23)30(41)28(36-25)37-29(40)24(19-8-3-2-4-9-19)21(27(35)39)13-14-31(32,33)34/h2-12,17,21,24,28H,13-16H2,1H3,(H2,35,39)(H,37,40)/t21-,24+,28-/m1/s1. The topological polar surface area (TPSA) is 114 Å². The van der Waals surface area contributed by atoms with Crippen molar-refractivity contribution < 1.29 is 32.3 Å². The summed E-state index contributed by atoms with van der Waals surface area (Å²) < 4.78 is 45.3. The van der Waals surface area contributed by atoms with Crippen molar-refractivity contribution in [1.82, 2.24) is 5.32 Å². The molecule has 0 radical (unpaired) electrons. The van der Waals surface area contributed by atoms with E-state index in [1.165, 1.54) is 17.0 Å². The maximum atomic E-state index is 13.9. The van der Waals surface area contributed by atoms with Gasteiger partial charge in [-0.05, 0) is 31.0 Å². The van der Waals surface area contributed by atoms with Crippen LogP contribution in [0.4, 0.5) is 18.9 Å². The third kappa shape index (κ3) is 6.00. The van der Waals surface area contributed by atoms with Crippen molar-refractivity contribution in [2.45, 2.75) is 38.0 Å². The van der Waals surface area contributed by atoms with Crippen molar-refractivity contribution in [2.75, 3.05) is 18.1 Å². The lowest BCUT2D eigenvalue weighted by Crippen LogP contribution is -2.51. The number of nitrogens with two attached hydrogens (primary N) is 1. The van der Waals surface area contributed by atoms with Crippen LogP contribution in [0.1, 0.15) is 41.0 Å². The lowest BCUT2D eigenvalue weighted by molar-refractivity contribution is -0.143. The van der Waals surface area contributed by atoms with Gasteiger partial charge < -0.3 is 20.7 Å². The molecule has 3 atom stereocenters. The van der Waals surface area contributed by atoms with Crippen molar-refractivity contribution in [3.05, 3.63) is 95.1 Å². The fraction of sp³-hybridized carbons (Fsp3) is 0.290. The van der Waals surface area contributed by atoms with Crippen LogP contribution in [-0.2, 0) is 14.4 Å². The Morgan fingerprint density at radius 2 is 1.83 bits per heavy atom. The van der Waals surface area contributed by atoms with Crippen molar-refractivity contribution >= 4 is 29.1 Å². The summed E-state index contributed by atoms with van der Waals surface area (Å²) >= 11 is 0. The largest absolute Gasteiger partial charge is 0.490 e. The van der Waals surface area contributed by atoms with E-state index < -0.39 is 54.7 Å². The van der Waals surface area contributed by atoms with Crippen molar-refractivity contribution in [3.63, 3.8) is 0 Å². The highest BCUT2D eigenvalue weighted by Crippen LogP contribution is 2.39. The Bertz CT molecular complexity index is 1540. The molecule has 2 heterocycles. The number of carbonyl (C=O) groups is 3. The molecule has 8 nitrogen and oxygen atoms in total. The smallest absolute Gasteiger partial charge is 0.389 e. The molecule has 5 rings (SSSR count). The molecule has 0 bridgehead atoms. The first kappa shape index (κ1) is 28.8. The summed E-state index contributed by atoms with van der Waals surface area (Å²) in [5.74, 6) is -4.81. The monoisotopic (exact) mass is 578 g/mol. The summed E-state index contributed by atoms with van der Waals surface area (Å²) in [6.07, 6.45) is -7.99. The molecule has 2 aliphatic rings. The number of ether oxygens (including phenoxy) is 1. The third-order valence-corrected chi connectivity index (χ3v) is 7.37. The van der Waals surface area contributed by atoms with Gasteiger partial charge >= 0.3 is 6.18 Å². The number of halogens is 3. The summed E-state index contributed by atoms with van der Waals surface area (Å²) in [6, 6.07) is 20.8. The van der Waals surface area contributed by atoms with Crippen LogP contribution in [-0.4, -0.2) is 48.9 Å². The van der Waals surface area contributed by atoms with Crippen LogP contribution in [0.15, 0.2) is 77.8 Å². The van der Waals surface area contributed by atoms with Crippen molar-refractivity contribution in [1.29, 1.82) is 0 Å². The number of alkyl halides is 3. The zero-order valence-electron chi connectivity index (χ0n) is 22.7. The van der Waals surface area contributed by atoms with E-state index in [1.54, 1.807) is 30.3 Å². The van der Waals surface area contributed by atoms with Crippen molar-refractivity contribution in [2.24, 2.45) is 16.6 Å². The highest BCUT2D eigenvalue weighted by Gasteiger charge is 2.41. The van der Waals surface area contributed by atoms with Crippen LogP contribution < -0.4 is 20.7 Å². The number of primary amides is 1. The van der Waals surface area contributed by atoms with Gasteiger partial charge in [-0.15, -0.1) is 0 Å². The zero-order valence-corrected chi connectivity index (χ0v) is 22.7. The molecule has 3 aromatic carbocycles. The summed E-state index contributed by atoms with van der Waals surface area (Å²) in [4.78, 5) is 46.5. The van der Waals surface area contributed by atoms with Crippen LogP contribution in [0, 0.1) is 12.8 Å². The average Bonchev–Trinajstić information content (AvgIpc) is 3.07. The first-order chi connectivity index (χ1) is 20.0. The van der Waals surface area contributed by atoms with E-state index >= 15 is 0 Å². The molecule has 0 spiro atoms. The van der Waals surface area contributed by atoms with E-state index in [9.17, 15) is 27.6 Å². The van der Waals surface area contributed by atoms with E-state index in [1.807, 2.05) is 37.3 Å². The summed E-state index contributed by atoms with van der Waals surface area (Å²) in [5.41, 5.74) is 9.08. The first-order valence-electron chi connectivity index (χ1n) is 13.5. The number of aryl methyl sites for hydroxylation is 1. The summed E-state index contributed by atoms with van der Waals surface area (Å²) in [7, 11) is 0. The molecule has 0 fully saturated rings. The number of aliphatic imine (C=N–C) groups is 1. The molecule has 3 N–H and O–H groups in total. The molecule has 11 heteroatoms. The Morgan fingerprint density at radius 3 is 2.52 bits per heavy atom. The Morgan fingerprint density at radius 1 is 1.10 bits per heavy atom. The molecule has 2 aliphatic heterocycles. The minimum absolute atomic E-state index is 0.198. The average molecular weight is 579 g/mol. The number of rotatable bonds is 8. The van der Waals surface area contributed by atoms with Gasteiger partial charge in [0.05, 0.1) is 29.8 Å². The molecule has 0 aromatic heterocycles. The maximum Gasteiger partial charge on any atom is 0.389 e. The van der Waals surface area contributed by atoms with E-state index in [0.717, 1.165) is 5.56 Å². The van der Waals surface area contributed by atoms with Crippen LogP contribution in [0.2, 0.25) is 0 Å². The van der Waals surface area contributed by atoms with E-state index in [2.05, 4.69) is 5.32 Å². The van der Waals surface area contributed by atoms with Crippen LogP contribution >= 0.6 is 0 Å². The van der Waals surface area contributed by atoms with E-state index in [4.69, 9.17) is 15.5 Å². The fourth-order valence-electron chi connectivity index (χ4n) is 5.45. The maximum absolute atomic E-state index is 13.9. The number of para-hydroxylation sites is 1. The number of amides is 3. The molecular formula is C31H29F3N4O4. The predicted molar refractivity (Wildman–Crippen MR) is 150 cm³/mol. The zero-order chi connectivity index (χ0) is 30.0. The van der Waals surface area contributed by atoms with Crippen LogP contribution in [0.3, 0.4) is 0 Å². The van der Waals surface area contributed by atoms with Gasteiger partial charge in [-0.2, -0.15) is 13.2 Å². The number of hydrogen-bond donors (Lipinski definition) is 2. The van der Waals surface area contributed by atoms with Gasteiger partial charge in [-0.25, -0.2) is 4.99 Å². The Hall–Kier alpha value is -4.67. The number of anilines is 1. The number of nitrogens with zero attached hydrogens (tertiary/aromatic N) is 2. The molecule has 0 saturated heterocycles. The van der Waals surface area contributed by atoms with E-state index in [0.29, 0.717) is 33.8 Å². The Kier molecular flexibility index (Phi) is 8.02.